The van der Waals surface area contributed by atoms with Gasteiger partial charge in [-0.25, -0.2) is 8.42 Å². The summed E-state index contributed by atoms with van der Waals surface area (Å²) < 4.78 is 22.7. The van der Waals surface area contributed by atoms with Gasteiger partial charge in [0, 0.05) is 10.7 Å². The van der Waals surface area contributed by atoms with Gasteiger partial charge in [-0.2, -0.15) is 0 Å². The highest BCUT2D eigenvalue weighted by molar-refractivity contribution is 9.10. The molecule has 1 rings (SSSR count). The Morgan fingerprint density at radius 1 is 1.15 bits per heavy atom. The fourth-order valence-electron chi connectivity index (χ4n) is 0.745. The molecule has 0 fully saturated rings. The van der Waals surface area contributed by atoms with Crippen molar-refractivity contribution in [1.82, 2.24) is 0 Å². The zero-order chi connectivity index (χ0) is 10.5. The van der Waals surface area contributed by atoms with E-state index in [0.717, 1.165) is 0 Å². The van der Waals surface area contributed by atoms with Crippen LogP contribution >= 0.6 is 15.9 Å². The number of halogens is 1. The van der Waals surface area contributed by atoms with Crippen molar-refractivity contribution in [3.8, 4) is 0 Å². The molecule has 74 valence electrons. The lowest BCUT2D eigenvalue weighted by Crippen LogP contribution is -1.97. The first-order valence-corrected chi connectivity index (χ1v) is 6.65. The van der Waals surface area contributed by atoms with Gasteiger partial charge in [0.05, 0.1) is 4.90 Å². The van der Waals surface area contributed by atoms with E-state index in [-0.39, 0.29) is 0 Å². The summed E-state index contributed by atoms with van der Waals surface area (Å²) in [7, 11) is -3.08. The Bertz CT molecular complexity index is 358. The van der Waals surface area contributed by atoms with Crippen LogP contribution in [0, 0.1) is 0 Å². The second kappa shape index (κ2) is 5.40. The third kappa shape index (κ3) is 3.91. The van der Waals surface area contributed by atoms with Gasteiger partial charge in [-0.05, 0) is 28.1 Å². The first-order chi connectivity index (χ1) is 6.02. The van der Waals surface area contributed by atoms with Gasteiger partial charge >= 0.3 is 0 Å². The maximum Gasteiger partial charge on any atom is 0.176 e. The normalized spacial score (nSPS) is 10.2. The molecular formula is C9H13BrO2S. The summed E-state index contributed by atoms with van der Waals surface area (Å²) >= 11 is 3.15. The molecule has 2 nitrogen and oxygen atoms in total. The highest BCUT2D eigenvalue weighted by atomic mass is 79.9. The Labute approximate surface area is 88.0 Å². The van der Waals surface area contributed by atoms with Crippen LogP contribution in [0.1, 0.15) is 13.8 Å². The van der Waals surface area contributed by atoms with Gasteiger partial charge in [0.1, 0.15) is 0 Å². The van der Waals surface area contributed by atoms with Gasteiger partial charge in [0.25, 0.3) is 0 Å². The molecule has 4 heteroatoms. The monoisotopic (exact) mass is 264 g/mol. The zero-order valence-electron chi connectivity index (χ0n) is 7.91. The van der Waals surface area contributed by atoms with E-state index in [1.54, 1.807) is 24.3 Å². The second-order valence-electron chi connectivity index (χ2n) is 2.20. The Morgan fingerprint density at radius 2 is 1.62 bits per heavy atom. The van der Waals surface area contributed by atoms with E-state index in [2.05, 4.69) is 15.9 Å². The molecule has 0 heterocycles. The van der Waals surface area contributed by atoms with Gasteiger partial charge in [0.15, 0.2) is 9.84 Å². The van der Waals surface area contributed by atoms with Crippen LogP contribution in [0.25, 0.3) is 0 Å². The molecule has 0 saturated carbocycles. The Kier molecular flexibility index (Phi) is 5.25. The van der Waals surface area contributed by atoms with Crippen molar-refractivity contribution in [2.24, 2.45) is 0 Å². The van der Waals surface area contributed by atoms with Gasteiger partial charge in [-0.3, -0.25) is 0 Å². The molecule has 0 aliphatic heterocycles. The minimum atomic E-state index is -3.08. The van der Waals surface area contributed by atoms with Gasteiger partial charge < -0.3 is 0 Å². The predicted molar refractivity (Wildman–Crippen MR) is 58.6 cm³/mol. The molecule has 0 spiro atoms. The van der Waals surface area contributed by atoms with Crippen LogP contribution in [0.4, 0.5) is 0 Å². The molecule has 1 aromatic rings. The lowest BCUT2D eigenvalue weighted by molar-refractivity contribution is 0.601. The summed E-state index contributed by atoms with van der Waals surface area (Å²) in [4.78, 5) is 0.333. The molecule has 0 saturated heterocycles. The minimum Gasteiger partial charge on any atom is -0.224 e. The number of hydrogen-bond acceptors (Lipinski definition) is 2. The molecule has 0 atom stereocenters. The van der Waals surface area contributed by atoms with Crippen LogP contribution in [-0.4, -0.2) is 14.7 Å². The summed E-state index contributed by atoms with van der Waals surface area (Å²) in [6.45, 7) is 4.00. The third-order valence-electron chi connectivity index (χ3n) is 1.24. The quantitative estimate of drug-likeness (QED) is 0.782. The van der Waals surface area contributed by atoms with Crippen LogP contribution < -0.4 is 0 Å². The van der Waals surface area contributed by atoms with E-state index >= 15 is 0 Å². The van der Waals surface area contributed by atoms with Gasteiger partial charge in [0.2, 0.25) is 0 Å². The summed E-state index contributed by atoms with van der Waals surface area (Å²) in [5, 5.41) is 0. The minimum absolute atomic E-state index is 0.333. The number of benzene rings is 1. The van der Waals surface area contributed by atoms with E-state index in [0.29, 0.717) is 9.37 Å². The smallest absolute Gasteiger partial charge is 0.176 e. The SMILES string of the molecule is CC.CS(=O)(=O)c1ccccc1Br. The summed E-state index contributed by atoms with van der Waals surface area (Å²) in [5.41, 5.74) is 0. The zero-order valence-corrected chi connectivity index (χ0v) is 10.3. The molecule has 1 aromatic carbocycles. The fraction of sp³-hybridized carbons (Fsp3) is 0.333. The standard InChI is InChI=1S/C7H7BrO2S.C2H6/c1-11(9,10)7-5-3-2-4-6(7)8;1-2/h2-5H,1H3;1-2H3. The van der Waals surface area contributed by atoms with Crippen molar-refractivity contribution in [3.05, 3.63) is 28.7 Å². The van der Waals surface area contributed by atoms with Crippen LogP contribution in [0.5, 0.6) is 0 Å². The summed E-state index contributed by atoms with van der Waals surface area (Å²) in [6.07, 6.45) is 1.19. The molecule has 0 radical (unpaired) electrons. The van der Waals surface area contributed by atoms with Crippen LogP contribution in [0.15, 0.2) is 33.6 Å². The Hall–Kier alpha value is -0.350. The maximum atomic E-state index is 11.0. The molecule has 0 aliphatic rings. The highest BCUT2D eigenvalue weighted by Gasteiger charge is 2.09. The lowest BCUT2D eigenvalue weighted by atomic mass is 10.4. The molecular weight excluding hydrogens is 252 g/mol. The second-order valence-corrected chi connectivity index (χ2v) is 5.04. The number of sulfone groups is 1. The van der Waals surface area contributed by atoms with E-state index in [1.165, 1.54) is 6.26 Å². The topological polar surface area (TPSA) is 34.1 Å². The van der Waals surface area contributed by atoms with E-state index in [9.17, 15) is 8.42 Å². The van der Waals surface area contributed by atoms with Crippen molar-refractivity contribution in [3.63, 3.8) is 0 Å². The Balaban J connectivity index is 0.000000671. The van der Waals surface area contributed by atoms with Crippen molar-refractivity contribution < 1.29 is 8.42 Å². The molecule has 0 N–H and O–H groups in total. The van der Waals surface area contributed by atoms with Crippen molar-refractivity contribution >= 4 is 25.8 Å². The maximum absolute atomic E-state index is 11.0. The van der Waals surface area contributed by atoms with Crippen molar-refractivity contribution in [2.75, 3.05) is 6.26 Å². The molecule has 0 bridgehead atoms. The van der Waals surface area contributed by atoms with Gasteiger partial charge in [-0.15, -0.1) is 0 Å². The number of rotatable bonds is 1. The molecule has 0 unspecified atom stereocenters. The van der Waals surface area contributed by atoms with Crippen LogP contribution in [0.2, 0.25) is 0 Å². The Morgan fingerprint density at radius 3 is 1.92 bits per heavy atom. The molecule has 13 heavy (non-hydrogen) atoms. The van der Waals surface area contributed by atoms with E-state index in [1.807, 2.05) is 13.8 Å². The first kappa shape index (κ1) is 12.7. The summed E-state index contributed by atoms with van der Waals surface area (Å²) in [5.74, 6) is 0. The average molecular weight is 265 g/mol. The van der Waals surface area contributed by atoms with Crippen molar-refractivity contribution in [2.45, 2.75) is 18.7 Å². The van der Waals surface area contributed by atoms with Crippen LogP contribution in [-0.2, 0) is 9.84 Å². The summed E-state index contributed by atoms with van der Waals surface area (Å²) in [6, 6.07) is 6.75. The lowest BCUT2D eigenvalue weighted by Gasteiger charge is -1.98. The largest absolute Gasteiger partial charge is 0.224 e. The molecule has 0 aromatic heterocycles. The molecule has 0 amide bonds. The molecule has 0 aliphatic carbocycles. The van der Waals surface area contributed by atoms with Crippen LogP contribution in [0.3, 0.4) is 0 Å². The fourth-order valence-corrected chi connectivity index (χ4v) is 2.66. The van der Waals surface area contributed by atoms with Gasteiger partial charge in [-0.1, -0.05) is 26.0 Å². The van der Waals surface area contributed by atoms with E-state index in [4.69, 9.17) is 0 Å². The van der Waals surface area contributed by atoms with E-state index < -0.39 is 9.84 Å². The average Bonchev–Trinajstić information content (AvgIpc) is 2.07. The third-order valence-corrected chi connectivity index (χ3v) is 3.35. The number of hydrogen-bond donors (Lipinski definition) is 0. The predicted octanol–water partition coefficient (Wildman–Crippen LogP) is 2.88. The first-order valence-electron chi connectivity index (χ1n) is 3.96. The highest BCUT2D eigenvalue weighted by Crippen LogP contribution is 2.20. The van der Waals surface area contributed by atoms with Crippen molar-refractivity contribution in [1.29, 1.82) is 0 Å².